The first kappa shape index (κ1) is 31.3. The molecule has 0 aliphatic heterocycles. The van der Waals surface area contributed by atoms with Crippen LogP contribution in [0, 0.1) is 29.1 Å². The molecule has 2 aromatic carbocycles. The summed E-state index contributed by atoms with van der Waals surface area (Å²) in [4.78, 5) is 13.4. The van der Waals surface area contributed by atoms with Gasteiger partial charge < -0.3 is 10.2 Å². The molecule has 3 unspecified atom stereocenters. The molecule has 2 saturated carbocycles. The van der Waals surface area contributed by atoms with Gasteiger partial charge in [-0.25, -0.2) is 0 Å². The summed E-state index contributed by atoms with van der Waals surface area (Å²) in [5.74, 6) is 3.40. The predicted molar refractivity (Wildman–Crippen MR) is 173 cm³/mol. The molecule has 0 heterocycles. The third kappa shape index (κ3) is 7.32. The van der Waals surface area contributed by atoms with Gasteiger partial charge in [-0.05, 0) is 122 Å². The summed E-state index contributed by atoms with van der Waals surface area (Å²) >= 11 is 0. The molecule has 3 aliphatic rings. The molecule has 0 aromatic heterocycles. The zero-order valence-corrected chi connectivity index (χ0v) is 26.6. The highest BCUT2D eigenvalue weighted by molar-refractivity contribution is 5.96. The Morgan fingerprint density at radius 2 is 1.67 bits per heavy atom. The Labute approximate surface area is 255 Å². The second kappa shape index (κ2) is 14.1. The highest BCUT2D eigenvalue weighted by Gasteiger charge is 2.36. The van der Waals surface area contributed by atoms with E-state index in [4.69, 9.17) is 0 Å². The maximum absolute atomic E-state index is 13.4. The van der Waals surface area contributed by atoms with Gasteiger partial charge in [0.05, 0.1) is 6.10 Å². The van der Waals surface area contributed by atoms with E-state index in [-0.39, 0.29) is 23.4 Å². The number of para-hydroxylation sites is 1. The first-order chi connectivity index (χ1) is 20.3. The number of carbonyl (C=O) groups is 1. The largest absolute Gasteiger partial charge is 0.508 e. The summed E-state index contributed by atoms with van der Waals surface area (Å²) in [6.07, 6.45) is 19.4. The molecule has 2 fully saturated rings. The van der Waals surface area contributed by atoms with Gasteiger partial charge in [0.25, 0.3) is 0 Å². The van der Waals surface area contributed by atoms with Gasteiger partial charge in [-0.2, -0.15) is 0 Å². The molecular weight excluding hydrogens is 516 g/mol. The van der Waals surface area contributed by atoms with E-state index < -0.39 is 6.10 Å². The lowest BCUT2D eigenvalue weighted by Gasteiger charge is -2.42. The van der Waals surface area contributed by atoms with E-state index in [2.05, 4.69) is 32.9 Å². The van der Waals surface area contributed by atoms with Crippen LogP contribution in [0.4, 0.5) is 0 Å². The van der Waals surface area contributed by atoms with Crippen molar-refractivity contribution in [2.75, 3.05) is 0 Å². The number of rotatable bonds is 12. The van der Waals surface area contributed by atoms with Crippen LogP contribution in [0.1, 0.15) is 156 Å². The number of phenolic OH excluding ortho intramolecular Hbond substituents is 1. The smallest absolute Gasteiger partial charge is 0.162 e. The molecule has 3 aliphatic carbocycles. The molecule has 230 valence electrons. The average molecular weight is 573 g/mol. The molecule has 2 N–H and O–H groups in total. The van der Waals surface area contributed by atoms with E-state index in [0.717, 1.165) is 42.6 Å². The summed E-state index contributed by atoms with van der Waals surface area (Å²) in [6.45, 7) is 6.83. The Morgan fingerprint density at radius 1 is 0.952 bits per heavy atom. The van der Waals surface area contributed by atoms with Gasteiger partial charge in [0.2, 0.25) is 0 Å². The van der Waals surface area contributed by atoms with Gasteiger partial charge in [0, 0.05) is 17.5 Å². The van der Waals surface area contributed by atoms with Crippen LogP contribution in [0.2, 0.25) is 0 Å². The van der Waals surface area contributed by atoms with E-state index in [9.17, 15) is 15.0 Å². The highest BCUT2D eigenvalue weighted by atomic mass is 16.3. The quantitative estimate of drug-likeness (QED) is 0.249. The number of aliphatic hydroxyl groups excluding tert-OH is 1. The molecular formula is C39H56O3. The summed E-state index contributed by atoms with van der Waals surface area (Å²) < 4.78 is 0. The Balaban J connectivity index is 1.15. The van der Waals surface area contributed by atoms with Crippen molar-refractivity contribution in [2.24, 2.45) is 29.1 Å². The van der Waals surface area contributed by atoms with Crippen LogP contribution >= 0.6 is 0 Å². The summed E-state index contributed by atoms with van der Waals surface area (Å²) in [5.41, 5.74) is 4.39. The fourth-order valence-corrected chi connectivity index (χ4v) is 9.08. The monoisotopic (exact) mass is 572 g/mol. The number of aromatic hydroxyl groups is 1. The van der Waals surface area contributed by atoms with Crippen molar-refractivity contribution in [1.29, 1.82) is 0 Å². The van der Waals surface area contributed by atoms with Crippen LogP contribution in [0.25, 0.3) is 0 Å². The topological polar surface area (TPSA) is 57.5 Å². The first-order valence-electron chi connectivity index (χ1n) is 17.4. The van der Waals surface area contributed by atoms with Crippen molar-refractivity contribution in [3.05, 3.63) is 64.7 Å². The summed E-state index contributed by atoms with van der Waals surface area (Å²) in [6, 6.07) is 13.4. The van der Waals surface area contributed by atoms with Crippen LogP contribution in [0.3, 0.4) is 0 Å². The number of aryl methyl sites for hydroxylation is 1. The Bertz CT molecular complexity index is 1170. The minimum Gasteiger partial charge on any atom is -0.508 e. The fraction of sp³-hybridized carbons (Fsp3) is 0.667. The lowest BCUT2D eigenvalue weighted by atomic mass is 9.64. The molecule has 0 saturated heterocycles. The van der Waals surface area contributed by atoms with E-state index >= 15 is 0 Å². The van der Waals surface area contributed by atoms with Crippen LogP contribution in [-0.4, -0.2) is 16.0 Å². The number of hydrogen-bond donors (Lipinski definition) is 2. The SMILES string of the molecule is CCCC1(CCCC(=O)c2ccc3c(c2)C(C(C)C(O)c2ccccc2O)CC3)CCC(CC2CCC(C)CC2)CC1. The minimum atomic E-state index is -0.738. The normalized spacial score (nSPS) is 29.1. The van der Waals surface area contributed by atoms with Crippen molar-refractivity contribution in [3.63, 3.8) is 0 Å². The van der Waals surface area contributed by atoms with Gasteiger partial charge in [0.1, 0.15) is 5.75 Å². The molecule has 0 spiro atoms. The molecule has 3 nitrogen and oxygen atoms in total. The van der Waals surface area contributed by atoms with Crippen LogP contribution in [-0.2, 0) is 6.42 Å². The maximum Gasteiger partial charge on any atom is 0.162 e. The molecule has 0 bridgehead atoms. The minimum absolute atomic E-state index is 0.0457. The number of benzene rings is 2. The lowest BCUT2D eigenvalue weighted by Crippen LogP contribution is -2.29. The van der Waals surface area contributed by atoms with E-state index in [1.54, 1.807) is 18.2 Å². The van der Waals surface area contributed by atoms with Gasteiger partial charge in [-0.3, -0.25) is 4.79 Å². The molecule has 0 radical (unpaired) electrons. The third-order valence-corrected chi connectivity index (χ3v) is 11.8. The fourth-order valence-electron chi connectivity index (χ4n) is 9.08. The van der Waals surface area contributed by atoms with Crippen molar-refractivity contribution in [2.45, 2.75) is 136 Å². The predicted octanol–water partition coefficient (Wildman–Crippen LogP) is 10.3. The number of Topliss-reactive ketones (excluding diaryl/α,β-unsaturated/α-hetero) is 1. The molecule has 5 rings (SSSR count). The Hall–Kier alpha value is -2.13. The molecule has 3 heteroatoms. The number of carbonyl (C=O) groups excluding carboxylic acids is 1. The van der Waals surface area contributed by atoms with Crippen LogP contribution in [0.5, 0.6) is 5.75 Å². The standard InChI is InChI=1S/C39H56O3/c1-4-21-39(23-19-30(20-24-39)25-29-13-11-27(2)12-14-29)22-7-10-36(40)32-16-15-31-17-18-33(35(31)26-32)28(3)38(42)34-8-5-6-9-37(34)41/h5-6,8-9,15-16,26-30,33,38,41-42H,4,7,10-14,17-25H2,1-3H3. The summed E-state index contributed by atoms with van der Waals surface area (Å²) in [5, 5.41) is 21.4. The summed E-state index contributed by atoms with van der Waals surface area (Å²) in [7, 11) is 0. The second-order valence-corrected chi connectivity index (χ2v) is 14.8. The number of fused-ring (bicyclic) bond motifs is 1. The zero-order chi connectivity index (χ0) is 29.7. The number of aliphatic hydroxyl groups is 1. The number of phenols is 1. The van der Waals surface area contributed by atoms with Crippen LogP contribution < -0.4 is 0 Å². The molecule has 3 atom stereocenters. The average Bonchev–Trinajstić information content (AvgIpc) is 3.42. The second-order valence-electron chi connectivity index (χ2n) is 14.8. The van der Waals surface area contributed by atoms with E-state index in [1.165, 1.54) is 88.2 Å². The zero-order valence-electron chi connectivity index (χ0n) is 26.6. The lowest BCUT2D eigenvalue weighted by molar-refractivity contribution is 0.0912. The van der Waals surface area contributed by atoms with Crippen molar-refractivity contribution in [3.8, 4) is 5.75 Å². The van der Waals surface area contributed by atoms with Crippen molar-refractivity contribution in [1.82, 2.24) is 0 Å². The molecule has 0 amide bonds. The van der Waals surface area contributed by atoms with Gasteiger partial charge in [-0.1, -0.05) is 83.2 Å². The number of ketones is 1. The van der Waals surface area contributed by atoms with Gasteiger partial charge in [-0.15, -0.1) is 0 Å². The van der Waals surface area contributed by atoms with Gasteiger partial charge >= 0.3 is 0 Å². The molecule has 42 heavy (non-hydrogen) atoms. The highest BCUT2D eigenvalue weighted by Crippen LogP contribution is 2.49. The van der Waals surface area contributed by atoms with Crippen LogP contribution in [0.15, 0.2) is 42.5 Å². The van der Waals surface area contributed by atoms with Gasteiger partial charge in [0.15, 0.2) is 5.78 Å². The van der Waals surface area contributed by atoms with E-state index in [1.807, 2.05) is 12.1 Å². The van der Waals surface area contributed by atoms with E-state index in [0.29, 0.717) is 17.4 Å². The van der Waals surface area contributed by atoms with Crippen molar-refractivity contribution >= 4 is 5.78 Å². The maximum atomic E-state index is 13.4. The van der Waals surface area contributed by atoms with Crippen molar-refractivity contribution < 1.29 is 15.0 Å². The Kier molecular flexibility index (Phi) is 10.5. The first-order valence-corrected chi connectivity index (χ1v) is 17.4. The molecule has 2 aromatic rings. The third-order valence-electron chi connectivity index (χ3n) is 11.8. The Morgan fingerprint density at radius 3 is 2.38 bits per heavy atom. The number of hydrogen-bond acceptors (Lipinski definition) is 3.